The molecule has 5 nitrogen and oxygen atoms in total. The van der Waals surface area contributed by atoms with E-state index in [1.54, 1.807) is 4.90 Å². The molecule has 0 aliphatic heterocycles. The highest BCUT2D eigenvalue weighted by Crippen LogP contribution is 2.17. The Morgan fingerprint density at radius 3 is 2.58 bits per heavy atom. The third-order valence-corrected chi connectivity index (χ3v) is 4.60. The summed E-state index contributed by atoms with van der Waals surface area (Å²) in [5.74, 6) is 0. The molecule has 2 aromatic rings. The molecule has 130 valence electrons. The van der Waals surface area contributed by atoms with Gasteiger partial charge < -0.3 is 10.2 Å². The standard InChI is InChI=1S/C18H25ClN4O/c1-5-22(12-15-9-7-8-10-17(15)19)18(24)20-11-16-13(3)21-23(6-2)14(16)4/h7-10H,5-6,11-12H2,1-4H3,(H,20,24). The lowest BCUT2D eigenvalue weighted by Gasteiger charge is -2.22. The highest BCUT2D eigenvalue weighted by atomic mass is 35.5. The third kappa shape index (κ3) is 4.09. The van der Waals surface area contributed by atoms with E-state index in [4.69, 9.17) is 11.6 Å². The number of urea groups is 1. The number of hydrogen-bond acceptors (Lipinski definition) is 2. The lowest BCUT2D eigenvalue weighted by Crippen LogP contribution is -2.39. The van der Waals surface area contributed by atoms with Gasteiger partial charge >= 0.3 is 6.03 Å². The second kappa shape index (κ2) is 8.20. The summed E-state index contributed by atoms with van der Waals surface area (Å²) in [5, 5.41) is 8.16. The number of carbonyl (C=O) groups is 1. The Bertz CT molecular complexity index is 711. The Balaban J connectivity index is 2.02. The van der Waals surface area contributed by atoms with Crippen molar-refractivity contribution in [3.63, 3.8) is 0 Å². The zero-order valence-electron chi connectivity index (χ0n) is 14.8. The molecular formula is C18H25ClN4O. The largest absolute Gasteiger partial charge is 0.334 e. The highest BCUT2D eigenvalue weighted by molar-refractivity contribution is 6.31. The number of nitrogens with one attached hydrogen (secondary N) is 1. The van der Waals surface area contributed by atoms with Crippen LogP contribution in [0.4, 0.5) is 4.79 Å². The van der Waals surface area contributed by atoms with E-state index in [1.807, 2.05) is 49.7 Å². The number of carbonyl (C=O) groups excluding carboxylic acids is 1. The molecule has 0 radical (unpaired) electrons. The van der Waals surface area contributed by atoms with E-state index in [-0.39, 0.29) is 6.03 Å². The summed E-state index contributed by atoms with van der Waals surface area (Å²) >= 11 is 6.19. The predicted molar refractivity (Wildman–Crippen MR) is 97.1 cm³/mol. The molecule has 1 N–H and O–H groups in total. The summed E-state index contributed by atoms with van der Waals surface area (Å²) in [7, 11) is 0. The summed E-state index contributed by atoms with van der Waals surface area (Å²) in [6.45, 7) is 10.4. The Morgan fingerprint density at radius 1 is 1.29 bits per heavy atom. The monoisotopic (exact) mass is 348 g/mol. The second-order valence-corrected chi connectivity index (χ2v) is 6.14. The number of halogens is 1. The Hall–Kier alpha value is -2.01. The maximum absolute atomic E-state index is 12.5. The third-order valence-electron chi connectivity index (χ3n) is 4.24. The fourth-order valence-electron chi connectivity index (χ4n) is 2.73. The molecule has 1 aromatic heterocycles. The molecular weight excluding hydrogens is 324 g/mol. The van der Waals surface area contributed by atoms with E-state index in [0.29, 0.717) is 24.7 Å². The van der Waals surface area contributed by atoms with Crippen molar-refractivity contribution in [1.82, 2.24) is 20.0 Å². The average molecular weight is 349 g/mol. The van der Waals surface area contributed by atoms with Crippen molar-refractivity contribution >= 4 is 17.6 Å². The van der Waals surface area contributed by atoms with Crippen LogP contribution in [0.5, 0.6) is 0 Å². The lowest BCUT2D eigenvalue weighted by molar-refractivity contribution is 0.197. The topological polar surface area (TPSA) is 50.2 Å². The van der Waals surface area contributed by atoms with Gasteiger partial charge in [-0.15, -0.1) is 0 Å². The van der Waals surface area contributed by atoms with Crippen molar-refractivity contribution in [2.45, 2.75) is 47.3 Å². The van der Waals surface area contributed by atoms with E-state index in [0.717, 1.165) is 29.1 Å². The van der Waals surface area contributed by atoms with Crippen molar-refractivity contribution in [1.29, 1.82) is 0 Å². The van der Waals surface area contributed by atoms with Gasteiger partial charge in [0.2, 0.25) is 0 Å². The van der Waals surface area contributed by atoms with Crippen LogP contribution in [0.3, 0.4) is 0 Å². The summed E-state index contributed by atoms with van der Waals surface area (Å²) in [6, 6.07) is 7.50. The fourth-order valence-corrected chi connectivity index (χ4v) is 2.93. The van der Waals surface area contributed by atoms with E-state index in [2.05, 4.69) is 17.3 Å². The lowest BCUT2D eigenvalue weighted by atomic mass is 10.2. The molecule has 0 unspecified atom stereocenters. The summed E-state index contributed by atoms with van der Waals surface area (Å²) in [4.78, 5) is 14.3. The molecule has 0 spiro atoms. The number of amides is 2. The van der Waals surface area contributed by atoms with E-state index in [9.17, 15) is 4.79 Å². The maximum Gasteiger partial charge on any atom is 0.317 e. The molecule has 2 amide bonds. The summed E-state index contributed by atoms with van der Waals surface area (Å²) < 4.78 is 1.96. The molecule has 24 heavy (non-hydrogen) atoms. The molecule has 1 heterocycles. The summed E-state index contributed by atoms with van der Waals surface area (Å²) in [6.07, 6.45) is 0. The molecule has 6 heteroatoms. The SMILES string of the molecule is CCN(Cc1ccccc1Cl)C(=O)NCc1c(C)nn(CC)c1C. The second-order valence-electron chi connectivity index (χ2n) is 5.73. The van der Waals surface area contributed by atoms with Gasteiger partial charge in [-0.1, -0.05) is 29.8 Å². The molecule has 0 aliphatic carbocycles. The molecule has 0 saturated carbocycles. The number of hydrogen-bond donors (Lipinski definition) is 1. The van der Waals surface area contributed by atoms with Gasteiger partial charge in [-0.3, -0.25) is 4.68 Å². The van der Waals surface area contributed by atoms with Crippen LogP contribution in [-0.4, -0.2) is 27.3 Å². The summed E-state index contributed by atoms with van der Waals surface area (Å²) in [5.41, 5.74) is 4.09. The van der Waals surface area contributed by atoms with Crippen LogP contribution < -0.4 is 5.32 Å². The molecule has 0 bridgehead atoms. The van der Waals surface area contributed by atoms with Crippen LogP contribution in [0.25, 0.3) is 0 Å². The van der Waals surface area contributed by atoms with E-state index >= 15 is 0 Å². The normalized spacial score (nSPS) is 10.7. The van der Waals surface area contributed by atoms with Gasteiger partial charge in [0.1, 0.15) is 0 Å². The number of rotatable bonds is 6. The van der Waals surface area contributed by atoms with Crippen LogP contribution in [0.15, 0.2) is 24.3 Å². The molecule has 1 aromatic carbocycles. The first-order valence-corrected chi connectivity index (χ1v) is 8.64. The minimum absolute atomic E-state index is 0.0968. The quantitative estimate of drug-likeness (QED) is 0.860. The van der Waals surface area contributed by atoms with Gasteiger partial charge in [-0.25, -0.2) is 4.79 Å². The van der Waals surface area contributed by atoms with Crippen LogP contribution in [0, 0.1) is 13.8 Å². The first-order valence-electron chi connectivity index (χ1n) is 8.26. The van der Waals surface area contributed by atoms with Gasteiger partial charge in [0.15, 0.2) is 0 Å². The van der Waals surface area contributed by atoms with Crippen molar-refractivity contribution < 1.29 is 4.79 Å². The van der Waals surface area contributed by atoms with Crippen molar-refractivity contribution in [2.75, 3.05) is 6.54 Å². The van der Waals surface area contributed by atoms with Crippen molar-refractivity contribution in [2.24, 2.45) is 0 Å². The molecule has 0 saturated heterocycles. The highest BCUT2D eigenvalue weighted by Gasteiger charge is 2.16. The van der Waals surface area contributed by atoms with Gasteiger partial charge in [0, 0.05) is 42.5 Å². The minimum Gasteiger partial charge on any atom is -0.334 e. The first-order chi connectivity index (χ1) is 11.5. The average Bonchev–Trinajstić information content (AvgIpc) is 2.85. The van der Waals surface area contributed by atoms with E-state index in [1.165, 1.54) is 0 Å². The fraction of sp³-hybridized carbons (Fsp3) is 0.444. The minimum atomic E-state index is -0.0968. The number of aryl methyl sites for hydroxylation is 2. The zero-order valence-corrected chi connectivity index (χ0v) is 15.5. The van der Waals surface area contributed by atoms with Gasteiger partial charge in [0.25, 0.3) is 0 Å². The smallest absolute Gasteiger partial charge is 0.317 e. The molecule has 0 atom stereocenters. The van der Waals surface area contributed by atoms with Gasteiger partial charge in [-0.05, 0) is 39.3 Å². The maximum atomic E-state index is 12.5. The molecule has 2 rings (SSSR count). The molecule has 0 fully saturated rings. The van der Waals surface area contributed by atoms with Gasteiger partial charge in [0.05, 0.1) is 5.69 Å². The van der Waals surface area contributed by atoms with Gasteiger partial charge in [-0.2, -0.15) is 5.10 Å². The van der Waals surface area contributed by atoms with Crippen molar-refractivity contribution in [3.05, 3.63) is 51.8 Å². The van der Waals surface area contributed by atoms with Crippen LogP contribution in [0.2, 0.25) is 5.02 Å². The Labute approximate surface area is 148 Å². The molecule has 0 aliphatic rings. The first kappa shape index (κ1) is 18.3. The number of benzene rings is 1. The van der Waals surface area contributed by atoms with Crippen LogP contribution >= 0.6 is 11.6 Å². The zero-order chi connectivity index (χ0) is 17.7. The predicted octanol–water partition coefficient (Wildman–Crippen LogP) is 3.90. The Kier molecular flexibility index (Phi) is 6.26. The number of aromatic nitrogens is 2. The van der Waals surface area contributed by atoms with Crippen LogP contribution in [-0.2, 0) is 19.6 Å². The van der Waals surface area contributed by atoms with E-state index < -0.39 is 0 Å². The van der Waals surface area contributed by atoms with Crippen LogP contribution in [0.1, 0.15) is 36.4 Å². The number of nitrogens with zero attached hydrogens (tertiary/aromatic N) is 3. The Morgan fingerprint density at radius 2 is 2.00 bits per heavy atom. The van der Waals surface area contributed by atoms with Crippen molar-refractivity contribution in [3.8, 4) is 0 Å².